The van der Waals surface area contributed by atoms with Crippen molar-refractivity contribution in [2.24, 2.45) is 0 Å². The Hall–Kier alpha value is -1.56. The van der Waals surface area contributed by atoms with Gasteiger partial charge in [0.05, 0.1) is 0 Å². The van der Waals surface area contributed by atoms with Crippen molar-refractivity contribution in [3.8, 4) is 0 Å². The minimum atomic E-state index is 1.19. The van der Waals surface area contributed by atoms with Crippen LogP contribution in [-0.2, 0) is 0 Å². The largest absolute Gasteiger partial charge is 0.0990 e. The van der Waals surface area contributed by atoms with Crippen LogP contribution in [0.25, 0.3) is 5.57 Å². The number of rotatable bonds is 3. The van der Waals surface area contributed by atoms with Crippen LogP contribution in [-0.4, -0.2) is 0 Å². The third-order valence-corrected chi connectivity index (χ3v) is 1.75. The second-order valence-corrected chi connectivity index (χ2v) is 2.72. The molecule has 0 spiro atoms. The summed E-state index contributed by atoms with van der Waals surface area (Å²) in [5.74, 6) is 0. The summed E-state index contributed by atoms with van der Waals surface area (Å²) >= 11 is 0. The number of allylic oxidation sites excluding steroid dienone is 5. The minimum Gasteiger partial charge on any atom is -0.0990 e. The van der Waals surface area contributed by atoms with Crippen molar-refractivity contribution in [2.75, 3.05) is 0 Å². The van der Waals surface area contributed by atoms with Gasteiger partial charge in [0, 0.05) is 0 Å². The first-order chi connectivity index (χ1) is 6.38. The number of hydrogen-bond donors (Lipinski definition) is 0. The molecule has 0 aliphatic heterocycles. The molecule has 0 saturated heterocycles. The maximum atomic E-state index is 3.70. The highest BCUT2D eigenvalue weighted by molar-refractivity contribution is 5.74. The highest BCUT2D eigenvalue weighted by Gasteiger charge is 1.93. The van der Waals surface area contributed by atoms with Crippen LogP contribution in [0.2, 0.25) is 0 Å². The van der Waals surface area contributed by atoms with E-state index in [2.05, 4.69) is 24.8 Å². The van der Waals surface area contributed by atoms with Gasteiger partial charge in [-0.2, -0.15) is 0 Å². The van der Waals surface area contributed by atoms with E-state index in [4.69, 9.17) is 0 Å². The summed E-state index contributed by atoms with van der Waals surface area (Å²) in [6, 6.07) is 10.3. The fraction of sp³-hybridized carbons (Fsp3) is 0.0769. The third kappa shape index (κ3) is 2.75. The molecule has 0 N–H and O–H groups in total. The lowest BCUT2D eigenvalue weighted by Crippen LogP contribution is -1.78. The Bertz CT molecular complexity index is 315. The normalized spacial score (nSPS) is 11.9. The maximum absolute atomic E-state index is 3.70. The molecule has 0 amide bonds. The zero-order valence-electron chi connectivity index (χ0n) is 7.90. The molecule has 0 saturated carbocycles. The molecule has 0 nitrogen and oxygen atoms in total. The van der Waals surface area contributed by atoms with Gasteiger partial charge in [0.15, 0.2) is 0 Å². The standard InChI is InChI=1S/C13H14/c1-3-8-12(9-4-2)13-10-6-5-7-11-13/h3-11H,1H2,2H3/b9-4+,12-8+. The molecule has 1 aromatic carbocycles. The first-order valence-corrected chi connectivity index (χ1v) is 4.39. The van der Waals surface area contributed by atoms with Crippen molar-refractivity contribution in [3.63, 3.8) is 0 Å². The molecule has 0 heteroatoms. The van der Waals surface area contributed by atoms with Crippen LogP contribution >= 0.6 is 0 Å². The lowest BCUT2D eigenvalue weighted by Gasteiger charge is -1.99. The predicted octanol–water partition coefficient (Wildman–Crippen LogP) is 3.83. The van der Waals surface area contributed by atoms with Gasteiger partial charge in [-0.3, -0.25) is 0 Å². The van der Waals surface area contributed by atoms with Gasteiger partial charge in [-0.05, 0) is 18.1 Å². The molecule has 0 aliphatic carbocycles. The molecule has 0 radical (unpaired) electrons. The van der Waals surface area contributed by atoms with Gasteiger partial charge < -0.3 is 0 Å². The van der Waals surface area contributed by atoms with E-state index in [1.54, 1.807) is 0 Å². The lowest BCUT2D eigenvalue weighted by atomic mass is 10.1. The van der Waals surface area contributed by atoms with Crippen LogP contribution in [0.1, 0.15) is 12.5 Å². The Morgan fingerprint density at radius 2 is 1.92 bits per heavy atom. The second kappa shape index (κ2) is 5.15. The van der Waals surface area contributed by atoms with E-state index in [0.717, 1.165) is 0 Å². The molecule has 1 aromatic rings. The van der Waals surface area contributed by atoms with Crippen molar-refractivity contribution in [1.82, 2.24) is 0 Å². The van der Waals surface area contributed by atoms with Gasteiger partial charge in [-0.1, -0.05) is 61.2 Å². The van der Waals surface area contributed by atoms with E-state index < -0.39 is 0 Å². The minimum absolute atomic E-state index is 1.19. The fourth-order valence-electron chi connectivity index (χ4n) is 1.19. The SMILES string of the molecule is C=C/C=C(\C=C\C)c1ccccc1. The Labute approximate surface area is 79.9 Å². The smallest absolute Gasteiger partial charge is 0.0184 e. The summed E-state index contributed by atoms with van der Waals surface area (Å²) in [6.07, 6.45) is 7.93. The summed E-state index contributed by atoms with van der Waals surface area (Å²) < 4.78 is 0. The highest BCUT2D eigenvalue weighted by Crippen LogP contribution is 2.15. The Kier molecular flexibility index (Phi) is 3.77. The van der Waals surface area contributed by atoms with Crippen LogP contribution in [0.5, 0.6) is 0 Å². The van der Waals surface area contributed by atoms with E-state index in [1.165, 1.54) is 11.1 Å². The predicted molar refractivity (Wildman–Crippen MR) is 59.4 cm³/mol. The molecule has 0 unspecified atom stereocenters. The molecular weight excluding hydrogens is 156 g/mol. The van der Waals surface area contributed by atoms with Gasteiger partial charge in [0.25, 0.3) is 0 Å². The van der Waals surface area contributed by atoms with Crippen LogP contribution in [0.4, 0.5) is 0 Å². The van der Waals surface area contributed by atoms with Crippen molar-refractivity contribution in [1.29, 1.82) is 0 Å². The molecule has 0 heterocycles. The zero-order chi connectivity index (χ0) is 9.52. The van der Waals surface area contributed by atoms with Gasteiger partial charge >= 0.3 is 0 Å². The topological polar surface area (TPSA) is 0 Å². The van der Waals surface area contributed by atoms with Gasteiger partial charge in [0.1, 0.15) is 0 Å². The first-order valence-electron chi connectivity index (χ1n) is 4.39. The van der Waals surface area contributed by atoms with E-state index in [9.17, 15) is 0 Å². The lowest BCUT2D eigenvalue weighted by molar-refractivity contribution is 1.61. The Morgan fingerprint density at radius 3 is 2.46 bits per heavy atom. The van der Waals surface area contributed by atoms with Gasteiger partial charge in [-0.15, -0.1) is 0 Å². The summed E-state index contributed by atoms with van der Waals surface area (Å²) in [6.45, 7) is 5.71. The molecule has 0 aromatic heterocycles. The zero-order valence-corrected chi connectivity index (χ0v) is 7.90. The highest BCUT2D eigenvalue weighted by atomic mass is 14.0. The molecule has 0 aliphatic rings. The van der Waals surface area contributed by atoms with E-state index in [1.807, 2.05) is 43.4 Å². The molecular formula is C13H14. The number of benzene rings is 1. The van der Waals surface area contributed by atoms with Gasteiger partial charge in [0.2, 0.25) is 0 Å². The average molecular weight is 170 g/mol. The maximum Gasteiger partial charge on any atom is -0.0184 e. The van der Waals surface area contributed by atoms with Crippen molar-refractivity contribution in [3.05, 3.63) is 66.8 Å². The third-order valence-electron chi connectivity index (χ3n) is 1.75. The number of hydrogen-bond acceptors (Lipinski definition) is 0. The molecule has 1 rings (SSSR count). The molecule has 13 heavy (non-hydrogen) atoms. The summed E-state index contributed by atoms with van der Waals surface area (Å²) in [5.41, 5.74) is 2.42. The average Bonchev–Trinajstić information content (AvgIpc) is 2.19. The molecule has 0 bridgehead atoms. The monoisotopic (exact) mass is 170 g/mol. The van der Waals surface area contributed by atoms with Gasteiger partial charge in [-0.25, -0.2) is 0 Å². The molecule has 0 fully saturated rings. The van der Waals surface area contributed by atoms with Crippen molar-refractivity contribution >= 4 is 5.57 Å². The van der Waals surface area contributed by atoms with Crippen LogP contribution < -0.4 is 0 Å². The Balaban J connectivity index is 3.03. The molecule has 66 valence electrons. The van der Waals surface area contributed by atoms with E-state index >= 15 is 0 Å². The summed E-state index contributed by atoms with van der Waals surface area (Å²) in [4.78, 5) is 0. The summed E-state index contributed by atoms with van der Waals surface area (Å²) in [5, 5.41) is 0. The van der Waals surface area contributed by atoms with Crippen LogP contribution in [0.3, 0.4) is 0 Å². The van der Waals surface area contributed by atoms with Crippen LogP contribution in [0.15, 0.2) is 61.2 Å². The van der Waals surface area contributed by atoms with Crippen LogP contribution in [0, 0.1) is 0 Å². The fourth-order valence-corrected chi connectivity index (χ4v) is 1.19. The Morgan fingerprint density at radius 1 is 1.23 bits per heavy atom. The summed E-state index contributed by atoms with van der Waals surface area (Å²) in [7, 11) is 0. The molecule has 0 atom stereocenters. The first kappa shape index (κ1) is 9.53. The second-order valence-electron chi connectivity index (χ2n) is 2.72. The van der Waals surface area contributed by atoms with Crippen molar-refractivity contribution in [2.45, 2.75) is 6.92 Å². The quantitative estimate of drug-likeness (QED) is 0.605. The van der Waals surface area contributed by atoms with E-state index in [0.29, 0.717) is 0 Å². The van der Waals surface area contributed by atoms with Crippen molar-refractivity contribution < 1.29 is 0 Å². The van der Waals surface area contributed by atoms with E-state index in [-0.39, 0.29) is 0 Å².